The molecule has 1 rings (SSSR count). The van der Waals surface area contributed by atoms with Crippen LogP contribution in [0.3, 0.4) is 0 Å². The molecule has 13 heavy (non-hydrogen) atoms. The highest BCUT2D eigenvalue weighted by Gasteiger charge is 2.00. The van der Waals surface area contributed by atoms with Crippen molar-refractivity contribution in [1.82, 2.24) is 10.3 Å². The topological polar surface area (TPSA) is 50.9 Å². The summed E-state index contributed by atoms with van der Waals surface area (Å²) in [5, 5.41) is 3.20. The molecule has 1 heterocycles. The van der Waals surface area contributed by atoms with E-state index in [4.69, 9.17) is 5.73 Å². The fourth-order valence-corrected chi connectivity index (χ4v) is 1.99. The standard InChI is InChI=1S/C8H11Br2N3/c9-7-3-8(10)13-5-6(7)4-12-2-1-11/h3,5,12H,1-2,4,11H2. The molecule has 0 spiro atoms. The Morgan fingerprint density at radius 2 is 2.23 bits per heavy atom. The van der Waals surface area contributed by atoms with Crippen molar-refractivity contribution >= 4 is 31.9 Å². The summed E-state index contributed by atoms with van der Waals surface area (Å²) in [6, 6.07) is 1.93. The zero-order chi connectivity index (χ0) is 9.68. The van der Waals surface area contributed by atoms with Gasteiger partial charge < -0.3 is 11.1 Å². The Morgan fingerprint density at radius 1 is 1.46 bits per heavy atom. The van der Waals surface area contributed by atoms with Crippen LogP contribution in [0.1, 0.15) is 5.56 Å². The van der Waals surface area contributed by atoms with Crippen molar-refractivity contribution in [3.8, 4) is 0 Å². The number of rotatable bonds is 4. The van der Waals surface area contributed by atoms with Crippen LogP contribution in [0.5, 0.6) is 0 Å². The molecular formula is C8H11Br2N3. The van der Waals surface area contributed by atoms with Gasteiger partial charge >= 0.3 is 0 Å². The number of aromatic nitrogens is 1. The summed E-state index contributed by atoms with van der Waals surface area (Å²) in [7, 11) is 0. The first-order valence-corrected chi connectivity index (χ1v) is 5.53. The smallest absolute Gasteiger partial charge is 0.107 e. The lowest BCUT2D eigenvalue weighted by Gasteiger charge is -2.05. The molecule has 0 aliphatic heterocycles. The summed E-state index contributed by atoms with van der Waals surface area (Å²) < 4.78 is 1.89. The second-order valence-electron chi connectivity index (χ2n) is 2.56. The van der Waals surface area contributed by atoms with Crippen LogP contribution in [0.4, 0.5) is 0 Å². The van der Waals surface area contributed by atoms with Crippen LogP contribution >= 0.6 is 31.9 Å². The highest BCUT2D eigenvalue weighted by molar-refractivity contribution is 9.11. The fourth-order valence-electron chi connectivity index (χ4n) is 0.891. The van der Waals surface area contributed by atoms with Crippen LogP contribution in [0.2, 0.25) is 0 Å². The zero-order valence-electron chi connectivity index (χ0n) is 7.06. The van der Waals surface area contributed by atoms with Crippen molar-refractivity contribution in [3.05, 3.63) is 26.9 Å². The molecule has 0 bridgehead atoms. The largest absolute Gasteiger partial charge is 0.329 e. The van der Waals surface area contributed by atoms with Gasteiger partial charge in [-0.2, -0.15) is 0 Å². The SMILES string of the molecule is NCCNCc1cnc(Br)cc1Br. The van der Waals surface area contributed by atoms with Crippen molar-refractivity contribution in [3.63, 3.8) is 0 Å². The molecule has 0 fully saturated rings. The van der Waals surface area contributed by atoms with Gasteiger partial charge in [-0.1, -0.05) is 15.9 Å². The first-order valence-electron chi connectivity index (χ1n) is 3.94. The van der Waals surface area contributed by atoms with Gasteiger partial charge in [0.2, 0.25) is 0 Å². The molecule has 3 nitrogen and oxygen atoms in total. The van der Waals surface area contributed by atoms with Crippen LogP contribution in [0, 0.1) is 0 Å². The van der Waals surface area contributed by atoms with Gasteiger partial charge in [-0.05, 0) is 27.6 Å². The molecule has 0 saturated heterocycles. The quantitative estimate of drug-likeness (QED) is 0.657. The molecule has 0 unspecified atom stereocenters. The van der Waals surface area contributed by atoms with E-state index in [1.165, 1.54) is 0 Å². The van der Waals surface area contributed by atoms with E-state index in [1.54, 1.807) is 0 Å². The van der Waals surface area contributed by atoms with Gasteiger partial charge in [0.1, 0.15) is 4.60 Å². The molecule has 1 aromatic rings. The van der Waals surface area contributed by atoms with E-state index in [2.05, 4.69) is 42.2 Å². The number of hydrogen-bond donors (Lipinski definition) is 2. The van der Waals surface area contributed by atoms with Gasteiger partial charge in [0, 0.05) is 30.3 Å². The minimum absolute atomic E-state index is 0.654. The molecule has 0 aliphatic carbocycles. The average molecular weight is 309 g/mol. The Labute approximate surface area is 94.4 Å². The second kappa shape index (κ2) is 5.70. The molecule has 0 aromatic carbocycles. The minimum Gasteiger partial charge on any atom is -0.329 e. The van der Waals surface area contributed by atoms with Crippen LogP contribution in [0.25, 0.3) is 0 Å². The minimum atomic E-state index is 0.654. The lowest BCUT2D eigenvalue weighted by atomic mass is 10.3. The maximum atomic E-state index is 5.36. The lowest BCUT2D eigenvalue weighted by Crippen LogP contribution is -2.22. The Balaban J connectivity index is 2.56. The van der Waals surface area contributed by atoms with Gasteiger partial charge in [0.15, 0.2) is 0 Å². The van der Waals surface area contributed by atoms with Gasteiger partial charge in [-0.15, -0.1) is 0 Å². The molecule has 3 N–H and O–H groups in total. The van der Waals surface area contributed by atoms with Gasteiger partial charge in [-0.3, -0.25) is 0 Å². The first kappa shape index (κ1) is 11.1. The van der Waals surface area contributed by atoms with Crippen LogP contribution < -0.4 is 11.1 Å². The summed E-state index contributed by atoms with van der Waals surface area (Å²) in [4.78, 5) is 4.13. The van der Waals surface area contributed by atoms with Crippen LogP contribution in [-0.2, 0) is 6.54 Å². The van der Waals surface area contributed by atoms with Crippen molar-refractivity contribution in [1.29, 1.82) is 0 Å². The third kappa shape index (κ3) is 3.72. The van der Waals surface area contributed by atoms with E-state index in [0.717, 1.165) is 27.7 Å². The normalized spacial score (nSPS) is 10.4. The summed E-state index contributed by atoms with van der Waals surface area (Å²) in [5.41, 5.74) is 6.49. The molecule has 0 amide bonds. The number of hydrogen-bond acceptors (Lipinski definition) is 3. The number of nitrogens with one attached hydrogen (secondary N) is 1. The fraction of sp³-hybridized carbons (Fsp3) is 0.375. The zero-order valence-corrected chi connectivity index (χ0v) is 10.2. The van der Waals surface area contributed by atoms with Gasteiger partial charge in [-0.25, -0.2) is 4.98 Å². The van der Waals surface area contributed by atoms with Crippen LogP contribution in [-0.4, -0.2) is 18.1 Å². The molecule has 0 atom stereocenters. The number of pyridine rings is 1. The molecule has 0 aliphatic rings. The maximum Gasteiger partial charge on any atom is 0.107 e. The van der Waals surface area contributed by atoms with Gasteiger partial charge in [0.25, 0.3) is 0 Å². The van der Waals surface area contributed by atoms with Crippen LogP contribution in [0.15, 0.2) is 21.3 Å². The Kier molecular flexibility index (Phi) is 4.87. The Morgan fingerprint density at radius 3 is 2.85 bits per heavy atom. The molecule has 72 valence electrons. The number of halogens is 2. The third-order valence-corrected chi connectivity index (χ3v) is 2.70. The van der Waals surface area contributed by atoms with Crippen molar-refractivity contribution in [2.75, 3.05) is 13.1 Å². The van der Waals surface area contributed by atoms with E-state index >= 15 is 0 Å². The molecule has 5 heteroatoms. The maximum absolute atomic E-state index is 5.36. The average Bonchev–Trinajstić information content (AvgIpc) is 2.09. The van der Waals surface area contributed by atoms with Crippen molar-refractivity contribution in [2.45, 2.75) is 6.54 Å². The number of nitrogens with two attached hydrogens (primary N) is 1. The highest BCUT2D eigenvalue weighted by atomic mass is 79.9. The predicted octanol–water partition coefficient (Wildman–Crippen LogP) is 1.65. The van der Waals surface area contributed by atoms with E-state index in [-0.39, 0.29) is 0 Å². The third-order valence-electron chi connectivity index (χ3n) is 1.53. The monoisotopic (exact) mass is 307 g/mol. The van der Waals surface area contributed by atoms with E-state index < -0.39 is 0 Å². The summed E-state index contributed by atoms with van der Waals surface area (Å²) in [5.74, 6) is 0. The Hall–Kier alpha value is 0.0300. The lowest BCUT2D eigenvalue weighted by molar-refractivity contribution is 0.691. The van der Waals surface area contributed by atoms with E-state index in [0.29, 0.717) is 6.54 Å². The van der Waals surface area contributed by atoms with E-state index in [9.17, 15) is 0 Å². The second-order valence-corrected chi connectivity index (χ2v) is 4.23. The van der Waals surface area contributed by atoms with Gasteiger partial charge in [0.05, 0.1) is 0 Å². The highest BCUT2D eigenvalue weighted by Crippen LogP contribution is 2.19. The molecule has 1 aromatic heterocycles. The molecule has 0 radical (unpaired) electrons. The number of nitrogens with zero attached hydrogens (tertiary/aromatic N) is 1. The Bertz CT molecular complexity index is 278. The van der Waals surface area contributed by atoms with E-state index in [1.807, 2.05) is 12.3 Å². The van der Waals surface area contributed by atoms with Crippen molar-refractivity contribution in [2.24, 2.45) is 5.73 Å². The first-order chi connectivity index (χ1) is 6.24. The summed E-state index contributed by atoms with van der Waals surface area (Å²) in [6.07, 6.45) is 1.83. The molecular weight excluding hydrogens is 298 g/mol. The predicted molar refractivity (Wildman–Crippen MR) is 60.4 cm³/mol. The molecule has 0 saturated carbocycles. The summed E-state index contributed by atoms with van der Waals surface area (Å²) >= 11 is 6.75. The van der Waals surface area contributed by atoms with Crippen molar-refractivity contribution < 1.29 is 0 Å². The summed E-state index contributed by atoms with van der Waals surface area (Å²) in [6.45, 7) is 2.27.